The van der Waals surface area contributed by atoms with E-state index in [-0.39, 0.29) is 5.91 Å². The SMILES string of the molecule is CCC(Br)(CC)C(=O)NC(N)=O.CCCCCCCCCCCCC(C)C(C)CC. The molecular weight excluding hydrogens is 440 g/mol. The van der Waals surface area contributed by atoms with Crippen LogP contribution >= 0.6 is 15.9 Å². The Kier molecular flexibility index (Phi) is 21.4. The molecule has 30 heavy (non-hydrogen) atoms. The quantitative estimate of drug-likeness (QED) is 0.169. The van der Waals surface area contributed by atoms with Crippen LogP contribution in [0.15, 0.2) is 0 Å². The van der Waals surface area contributed by atoms with Crippen molar-refractivity contribution in [2.75, 3.05) is 0 Å². The summed E-state index contributed by atoms with van der Waals surface area (Å²) < 4.78 is -0.665. The van der Waals surface area contributed by atoms with Crippen molar-refractivity contribution >= 4 is 27.9 Å². The first kappa shape index (κ1) is 31.6. The highest BCUT2D eigenvalue weighted by Gasteiger charge is 2.32. The van der Waals surface area contributed by atoms with Crippen molar-refractivity contribution in [2.45, 2.75) is 136 Å². The number of unbranched alkanes of at least 4 members (excludes halogenated alkanes) is 9. The Labute approximate surface area is 196 Å². The summed E-state index contributed by atoms with van der Waals surface area (Å²) in [4.78, 5) is 21.6. The standard InChI is InChI=1S/C18H38.C7H13BrN2O2/c1-5-7-8-9-10-11-12-13-14-15-16-18(4)17(3)6-2;1-3-7(8,4-2)5(11)10-6(9)12/h17-18H,5-16H2,1-4H3;3-4H2,1-2H3,(H3,9,10,11,12). The van der Waals surface area contributed by atoms with Gasteiger partial charge >= 0.3 is 6.03 Å². The molecule has 180 valence electrons. The summed E-state index contributed by atoms with van der Waals surface area (Å²) in [6.45, 7) is 13.2. The summed E-state index contributed by atoms with van der Waals surface area (Å²) in [5, 5.41) is 2.04. The summed E-state index contributed by atoms with van der Waals surface area (Å²) in [5.41, 5.74) is 4.81. The van der Waals surface area contributed by atoms with Crippen LogP contribution in [0.1, 0.15) is 131 Å². The van der Waals surface area contributed by atoms with E-state index in [9.17, 15) is 9.59 Å². The second-order valence-electron chi connectivity index (χ2n) is 8.82. The van der Waals surface area contributed by atoms with Crippen LogP contribution in [0.25, 0.3) is 0 Å². The zero-order valence-electron chi connectivity index (χ0n) is 20.8. The zero-order chi connectivity index (χ0) is 23.4. The van der Waals surface area contributed by atoms with Crippen LogP contribution in [-0.4, -0.2) is 16.3 Å². The Balaban J connectivity index is 0. The third kappa shape index (κ3) is 17.1. The number of nitrogens with two attached hydrogens (primary N) is 1. The first-order valence-corrected chi connectivity index (χ1v) is 13.3. The van der Waals surface area contributed by atoms with Gasteiger partial charge in [-0.25, -0.2) is 4.79 Å². The molecule has 3 amide bonds. The average Bonchev–Trinajstić information content (AvgIpc) is 2.73. The highest BCUT2D eigenvalue weighted by atomic mass is 79.9. The number of rotatable bonds is 16. The minimum absolute atomic E-state index is 0.375. The van der Waals surface area contributed by atoms with Crippen LogP contribution in [0.2, 0.25) is 0 Å². The summed E-state index contributed by atoms with van der Waals surface area (Å²) in [7, 11) is 0. The molecule has 0 aliphatic carbocycles. The number of nitrogens with one attached hydrogen (secondary N) is 1. The molecule has 0 aromatic carbocycles. The van der Waals surface area contributed by atoms with Gasteiger partial charge in [-0.3, -0.25) is 10.1 Å². The van der Waals surface area contributed by atoms with Crippen molar-refractivity contribution in [3.63, 3.8) is 0 Å². The van der Waals surface area contributed by atoms with Crippen LogP contribution in [-0.2, 0) is 4.79 Å². The van der Waals surface area contributed by atoms with Crippen LogP contribution in [0.4, 0.5) is 4.79 Å². The first-order valence-electron chi connectivity index (χ1n) is 12.5. The van der Waals surface area contributed by atoms with Crippen LogP contribution < -0.4 is 11.1 Å². The van der Waals surface area contributed by atoms with Crippen molar-refractivity contribution in [1.29, 1.82) is 0 Å². The van der Waals surface area contributed by atoms with Crippen LogP contribution in [0.3, 0.4) is 0 Å². The van der Waals surface area contributed by atoms with E-state index < -0.39 is 10.4 Å². The molecule has 2 atom stereocenters. The van der Waals surface area contributed by atoms with Crippen molar-refractivity contribution < 1.29 is 9.59 Å². The lowest BCUT2D eigenvalue weighted by Gasteiger charge is -2.21. The molecule has 4 nitrogen and oxygen atoms in total. The number of primary amides is 1. The van der Waals surface area contributed by atoms with Gasteiger partial charge in [0.05, 0.1) is 0 Å². The van der Waals surface area contributed by atoms with Gasteiger partial charge in [-0.1, -0.05) is 135 Å². The monoisotopic (exact) mass is 490 g/mol. The molecule has 0 radical (unpaired) electrons. The second-order valence-corrected chi connectivity index (χ2v) is 10.3. The number of amides is 3. The fraction of sp³-hybridized carbons (Fsp3) is 0.920. The molecule has 0 heterocycles. The highest BCUT2D eigenvalue weighted by Crippen LogP contribution is 2.26. The average molecular weight is 492 g/mol. The maximum absolute atomic E-state index is 11.3. The minimum Gasteiger partial charge on any atom is -0.351 e. The number of hydrogen-bond donors (Lipinski definition) is 2. The maximum atomic E-state index is 11.3. The van der Waals surface area contributed by atoms with E-state index in [1.807, 2.05) is 19.2 Å². The van der Waals surface area contributed by atoms with Gasteiger partial charge in [-0.2, -0.15) is 0 Å². The summed E-state index contributed by atoms with van der Waals surface area (Å²) in [6, 6.07) is -0.814. The van der Waals surface area contributed by atoms with Gasteiger partial charge in [0.25, 0.3) is 0 Å². The topological polar surface area (TPSA) is 72.2 Å². The molecule has 5 heteroatoms. The van der Waals surface area contributed by atoms with Crippen molar-refractivity contribution in [3.8, 4) is 0 Å². The normalized spacial score (nSPS) is 13.2. The second kappa shape index (κ2) is 20.3. The number of carbonyl (C=O) groups is 2. The molecule has 2 unspecified atom stereocenters. The molecule has 0 fully saturated rings. The molecular formula is C25H51BrN2O2. The molecule has 0 aromatic heterocycles. The molecule has 0 aliphatic rings. The van der Waals surface area contributed by atoms with Gasteiger partial charge in [-0.05, 0) is 24.7 Å². The Hall–Kier alpha value is -0.580. The molecule has 0 saturated heterocycles. The molecule has 3 N–H and O–H groups in total. The third-order valence-corrected chi connectivity index (χ3v) is 7.87. The van der Waals surface area contributed by atoms with E-state index in [2.05, 4.69) is 43.6 Å². The Bertz CT molecular complexity index is 425. The Morgan fingerprint density at radius 3 is 1.60 bits per heavy atom. The smallest absolute Gasteiger partial charge is 0.318 e. The summed E-state index contributed by atoms with van der Waals surface area (Å²) in [5.74, 6) is 1.48. The maximum Gasteiger partial charge on any atom is 0.318 e. The van der Waals surface area contributed by atoms with Crippen LogP contribution in [0.5, 0.6) is 0 Å². The molecule has 0 aliphatic heterocycles. The van der Waals surface area contributed by atoms with Gasteiger partial charge < -0.3 is 5.73 Å². The molecule has 0 bridgehead atoms. The number of alkyl halides is 1. The largest absolute Gasteiger partial charge is 0.351 e. The predicted octanol–water partition coefficient (Wildman–Crippen LogP) is 8.11. The lowest BCUT2D eigenvalue weighted by molar-refractivity contribution is -0.122. The highest BCUT2D eigenvalue weighted by molar-refractivity contribution is 9.10. The lowest BCUT2D eigenvalue weighted by atomic mass is 9.89. The summed E-state index contributed by atoms with van der Waals surface area (Å²) >= 11 is 3.26. The molecule has 0 rings (SSSR count). The van der Waals surface area contributed by atoms with Gasteiger partial charge in [0.15, 0.2) is 0 Å². The van der Waals surface area contributed by atoms with Crippen LogP contribution in [0, 0.1) is 11.8 Å². The number of hydrogen-bond acceptors (Lipinski definition) is 2. The van der Waals surface area contributed by atoms with E-state index in [4.69, 9.17) is 5.73 Å². The Morgan fingerprint density at radius 2 is 1.23 bits per heavy atom. The first-order chi connectivity index (χ1) is 14.2. The third-order valence-electron chi connectivity index (χ3n) is 6.39. The van der Waals surface area contributed by atoms with E-state index in [0.717, 1.165) is 11.8 Å². The fourth-order valence-electron chi connectivity index (χ4n) is 3.44. The van der Waals surface area contributed by atoms with E-state index >= 15 is 0 Å². The number of halogens is 1. The van der Waals surface area contributed by atoms with Gasteiger partial charge in [0, 0.05) is 0 Å². The fourth-order valence-corrected chi connectivity index (χ4v) is 3.53. The molecule has 0 aromatic rings. The predicted molar refractivity (Wildman–Crippen MR) is 135 cm³/mol. The van der Waals surface area contributed by atoms with Gasteiger partial charge in [0.1, 0.15) is 4.32 Å². The lowest BCUT2D eigenvalue weighted by Crippen LogP contribution is -2.46. The minimum atomic E-state index is -0.814. The number of carbonyl (C=O) groups excluding carboxylic acids is 2. The summed E-state index contributed by atoms with van der Waals surface area (Å²) in [6.07, 6.45) is 18.6. The Morgan fingerprint density at radius 1 is 0.800 bits per heavy atom. The zero-order valence-corrected chi connectivity index (χ0v) is 22.4. The van der Waals surface area contributed by atoms with Gasteiger partial charge in [0.2, 0.25) is 5.91 Å². The van der Waals surface area contributed by atoms with E-state index in [0.29, 0.717) is 12.8 Å². The van der Waals surface area contributed by atoms with Gasteiger partial charge in [-0.15, -0.1) is 0 Å². The molecule has 0 spiro atoms. The number of imide groups is 1. The van der Waals surface area contributed by atoms with Crippen molar-refractivity contribution in [3.05, 3.63) is 0 Å². The van der Waals surface area contributed by atoms with E-state index in [1.54, 1.807) is 0 Å². The van der Waals surface area contributed by atoms with E-state index in [1.165, 1.54) is 77.0 Å². The van der Waals surface area contributed by atoms with Crippen molar-refractivity contribution in [1.82, 2.24) is 5.32 Å². The number of urea groups is 1. The molecule has 0 saturated carbocycles. The van der Waals surface area contributed by atoms with Crippen molar-refractivity contribution in [2.24, 2.45) is 17.6 Å².